The Kier molecular flexibility index (Phi) is 6.90. The molecule has 0 saturated carbocycles. The van der Waals surface area contributed by atoms with Gasteiger partial charge in [0.25, 0.3) is 0 Å². The molecular weight excluding hydrogens is 196 g/mol. The first-order chi connectivity index (χ1) is 7.43. The minimum absolute atomic E-state index is 0.533. The predicted octanol–water partition coefficient (Wildman–Crippen LogP) is 1.85. The van der Waals surface area contributed by atoms with Crippen LogP contribution in [-0.2, 0) is 20.8 Å². The summed E-state index contributed by atoms with van der Waals surface area (Å²) in [5, 5.41) is 0. The molecule has 1 aromatic rings. The van der Waals surface area contributed by atoms with Crippen molar-refractivity contribution in [2.75, 3.05) is 33.5 Å². The van der Waals surface area contributed by atoms with E-state index in [2.05, 4.69) is 0 Å². The molecule has 0 aliphatic rings. The molecule has 1 heterocycles. The minimum Gasteiger partial charge on any atom is -0.467 e. The molecule has 1 aromatic heterocycles. The van der Waals surface area contributed by atoms with Crippen LogP contribution in [0, 0.1) is 0 Å². The molecule has 0 bridgehead atoms. The third-order valence-electron chi connectivity index (χ3n) is 1.83. The molecule has 1 rings (SSSR count). The van der Waals surface area contributed by atoms with Crippen LogP contribution in [-0.4, -0.2) is 33.5 Å². The lowest BCUT2D eigenvalue weighted by atomic mass is 10.4. The molecule has 0 unspecified atom stereocenters. The summed E-state index contributed by atoms with van der Waals surface area (Å²) in [6.45, 7) is 3.22. The smallest absolute Gasteiger partial charge is 0.129 e. The van der Waals surface area contributed by atoms with Gasteiger partial charge in [-0.2, -0.15) is 0 Å². The number of hydrogen-bond acceptors (Lipinski definition) is 4. The van der Waals surface area contributed by atoms with Gasteiger partial charge in [-0.25, -0.2) is 0 Å². The van der Waals surface area contributed by atoms with E-state index >= 15 is 0 Å². The van der Waals surface area contributed by atoms with Crippen LogP contribution in [0.15, 0.2) is 22.8 Å². The first-order valence-electron chi connectivity index (χ1n) is 5.10. The second kappa shape index (κ2) is 8.47. The Morgan fingerprint density at radius 2 is 2.00 bits per heavy atom. The molecule has 0 N–H and O–H groups in total. The van der Waals surface area contributed by atoms with Crippen molar-refractivity contribution in [3.63, 3.8) is 0 Å². The van der Waals surface area contributed by atoms with Gasteiger partial charge in [0.1, 0.15) is 12.4 Å². The highest BCUT2D eigenvalue weighted by Gasteiger charge is 1.95. The van der Waals surface area contributed by atoms with Gasteiger partial charge in [-0.3, -0.25) is 0 Å². The molecule has 4 nitrogen and oxygen atoms in total. The zero-order valence-electron chi connectivity index (χ0n) is 9.11. The molecule has 0 spiro atoms. The van der Waals surface area contributed by atoms with Crippen molar-refractivity contribution in [2.24, 2.45) is 0 Å². The van der Waals surface area contributed by atoms with Crippen LogP contribution < -0.4 is 0 Å². The molecule has 15 heavy (non-hydrogen) atoms. The van der Waals surface area contributed by atoms with Crippen LogP contribution >= 0.6 is 0 Å². The Bertz CT molecular complexity index is 221. The summed E-state index contributed by atoms with van der Waals surface area (Å²) in [5.74, 6) is 0.857. The molecule has 0 fully saturated rings. The van der Waals surface area contributed by atoms with Crippen molar-refractivity contribution in [1.29, 1.82) is 0 Å². The van der Waals surface area contributed by atoms with E-state index < -0.39 is 0 Å². The van der Waals surface area contributed by atoms with Gasteiger partial charge in [-0.1, -0.05) is 0 Å². The van der Waals surface area contributed by atoms with E-state index in [1.807, 2.05) is 12.1 Å². The first kappa shape index (κ1) is 12.2. The zero-order chi connectivity index (χ0) is 10.8. The first-order valence-corrected chi connectivity index (χ1v) is 5.10. The summed E-state index contributed by atoms with van der Waals surface area (Å²) < 4.78 is 20.6. The van der Waals surface area contributed by atoms with E-state index in [1.165, 1.54) is 0 Å². The normalized spacial score (nSPS) is 10.7. The summed E-state index contributed by atoms with van der Waals surface area (Å²) in [7, 11) is 1.66. The van der Waals surface area contributed by atoms with Crippen molar-refractivity contribution in [2.45, 2.75) is 13.0 Å². The average Bonchev–Trinajstić information content (AvgIpc) is 2.75. The van der Waals surface area contributed by atoms with E-state index in [4.69, 9.17) is 18.6 Å². The summed E-state index contributed by atoms with van der Waals surface area (Å²) in [6, 6.07) is 3.75. The second-order valence-electron chi connectivity index (χ2n) is 3.09. The fraction of sp³-hybridized carbons (Fsp3) is 0.636. The van der Waals surface area contributed by atoms with Crippen LogP contribution in [0.3, 0.4) is 0 Å². The van der Waals surface area contributed by atoms with Crippen LogP contribution in [0.25, 0.3) is 0 Å². The molecule has 0 radical (unpaired) electrons. The third kappa shape index (κ3) is 6.28. The second-order valence-corrected chi connectivity index (χ2v) is 3.09. The maximum Gasteiger partial charge on any atom is 0.129 e. The lowest BCUT2D eigenvalue weighted by Crippen LogP contribution is -2.05. The number of furan rings is 1. The Labute approximate surface area is 90.1 Å². The number of rotatable bonds is 9. The SMILES string of the molecule is COCCOCCCOCc1ccco1. The molecule has 0 aliphatic heterocycles. The molecule has 0 aromatic carbocycles. The van der Waals surface area contributed by atoms with E-state index in [-0.39, 0.29) is 0 Å². The van der Waals surface area contributed by atoms with Gasteiger partial charge in [-0.05, 0) is 18.6 Å². The van der Waals surface area contributed by atoms with E-state index in [1.54, 1.807) is 13.4 Å². The number of ether oxygens (including phenoxy) is 3. The van der Waals surface area contributed by atoms with Crippen LogP contribution in [0.5, 0.6) is 0 Å². The fourth-order valence-corrected chi connectivity index (χ4v) is 1.07. The van der Waals surface area contributed by atoms with Gasteiger partial charge in [0.15, 0.2) is 0 Å². The van der Waals surface area contributed by atoms with Crippen LogP contribution in [0.1, 0.15) is 12.2 Å². The minimum atomic E-state index is 0.533. The zero-order valence-corrected chi connectivity index (χ0v) is 9.11. The average molecular weight is 214 g/mol. The molecule has 0 saturated heterocycles. The van der Waals surface area contributed by atoms with E-state index in [9.17, 15) is 0 Å². The Morgan fingerprint density at radius 1 is 1.13 bits per heavy atom. The monoisotopic (exact) mass is 214 g/mol. The Balaban J connectivity index is 1.81. The van der Waals surface area contributed by atoms with Crippen molar-refractivity contribution in [3.8, 4) is 0 Å². The van der Waals surface area contributed by atoms with E-state index in [0.717, 1.165) is 12.2 Å². The third-order valence-corrected chi connectivity index (χ3v) is 1.83. The Hall–Kier alpha value is -0.840. The fourth-order valence-electron chi connectivity index (χ4n) is 1.07. The molecule has 0 amide bonds. The Morgan fingerprint density at radius 3 is 2.73 bits per heavy atom. The molecule has 86 valence electrons. The van der Waals surface area contributed by atoms with Crippen molar-refractivity contribution < 1.29 is 18.6 Å². The largest absolute Gasteiger partial charge is 0.467 e. The molecule has 0 atom stereocenters. The lowest BCUT2D eigenvalue weighted by Gasteiger charge is -2.03. The van der Waals surface area contributed by atoms with Gasteiger partial charge >= 0.3 is 0 Å². The quantitative estimate of drug-likeness (QED) is 0.588. The topological polar surface area (TPSA) is 40.8 Å². The highest BCUT2D eigenvalue weighted by Crippen LogP contribution is 2.01. The highest BCUT2D eigenvalue weighted by molar-refractivity contribution is 4.95. The maximum atomic E-state index is 5.38. The highest BCUT2D eigenvalue weighted by atomic mass is 16.5. The molecule has 0 aliphatic carbocycles. The summed E-state index contributed by atoms with van der Waals surface area (Å²) in [6.07, 6.45) is 2.54. The van der Waals surface area contributed by atoms with Crippen LogP contribution in [0.2, 0.25) is 0 Å². The summed E-state index contributed by atoms with van der Waals surface area (Å²) in [5.41, 5.74) is 0. The van der Waals surface area contributed by atoms with Gasteiger partial charge in [0, 0.05) is 20.3 Å². The van der Waals surface area contributed by atoms with Gasteiger partial charge in [-0.15, -0.1) is 0 Å². The standard InChI is InChI=1S/C11H18O4/c1-12-8-9-13-5-3-6-14-10-11-4-2-7-15-11/h2,4,7H,3,5-6,8-10H2,1H3. The lowest BCUT2D eigenvalue weighted by molar-refractivity contribution is 0.0453. The van der Waals surface area contributed by atoms with Crippen molar-refractivity contribution in [1.82, 2.24) is 0 Å². The van der Waals surface area contributed by atoms with Crippen molar-refractivity contribution >= 4 is 0 Å². The van der Waals surface area contributed by atoms with Crippen LogP contribution in [0.4, 0.5) is 0 Å². The van der Waals surface area contributed by atoms with E-state index in [0.29, 0.717) is 33.0 Å². The predicted molar refractivity (Wildman–Crippen MR) is 55.7 cm³/mol. The van der Waals surface area contributed by atoms with Crippen molar-refractivity contribution in [3.05, 3.63) is 24.2 Å². The van der Waals surface area contributed by atoms with Gasteiger partial charge in [0.2, 0.25) is 0 Å². The molecular formula is C11H18O4. The van der Waals surface area contributed by atoms with Gasteiger partial charge < -0.3 is 18.6 Å². The maximum absolute atomic E-state index is 5.38. The van der Waals surface area contributed by atoms with Gasteiger partial charge in [0.05, 0.1) is 19.5 Å². The number of hydrogen-bond donors (Lipinski definition) is 0. The molecule has 4 heteroatoms. The number of methoxy groups -OCH3 is 1. The summed E-state index contributed by atoms with van der Waals surface area (Å²) in [4.78, 5) is 0. The summed E-state index contributed by atoms with van der Waals surface area (Å²) >= 11 is 0.